The number of anilines is 2. The van der Waals surface area contributed by atoms with E-state index in [1.807, 2.05) is 37.3 Å². The number of hydrogen-bond acceptors (Lipinski definition) is 4. The SMILES string of the molecule is C[C@H](Nc1ccc(Br)cn1)c1ccc2c(c1)NC(=O)CO2. The molecule has 0 fully saturated rings. The van der Waals surface area contributed by atoms with E-state index in [1.165, 1.54) is 0 Å². The van der Waals surface area contributed by atoms with Crippen molar-refractivity contribution in [2.24, 2.45) is 0 Å². The van der Waals surface area contributed by atoms with E-state index in [9.17, 15) is 4.79 Å². The predicted molar refractivity (Wildman–Crippen MR) is 84.5 cm³/mol. The zero-order chi connectivity index (χ0) is 14.8. The van der Waals surface area contributed by atoms with Gasteiger partial charge in [0.05, 0.1) is 11.7 Å². The lowest BCUT2D eigenvalue weighted by atomic mass is 10.1. The van der Waals surface area contributed by atoms with Gasteiger partial charge in [0.25, 0.3) is 5.91 Å². The number of amides is 1. The Labute approximate surface area is 130 Å². The molecule has 1 amide bonds. The Hall–Kier alpha value is -2.08. The van der Waals surface area contributed by atoms with Crippen LogP contribution in [0.4, 0.5) is 11.5 Å². The van der Waals surface area contributed by atoms with Gasteiger partial charge in [0.1, 0.15) is 11.6 Å². The van der Waals surface area contributed by atoms with Gasteiger partial charge in [-0.2, -0.15) is 0 Å². The molecule has 0 spiro atoms. The second-order valence-corrected chi connectivity index (χ2v) is 5.74. The molecule has 0 radical (unpaired) electrons. The Morgan fingerprint density at radius 3 is 3.00 bits per heavy atom. The van der Waals surface area contributed by atoms with Crippen molar-refractivity contribution < 1.29 is 9.53 Å². The summed E-state index contributed by atoms with van der Waals surface area (Å²) in [6.45, 7) is 2.11. The number of fused-ring (bicyclic) bond motifs is 1. The molecule has 2 aromatic rings. The monoisotopic (exact) mass is 347 g/mol. The molecule has 0 saturated heterocycles. The highest BCUT2D eigenvalue weighted by Gasteiger charge is 2.17. The van der Waals surface area contributed by atoms with E-state index in [0.29, 0.717) is 11.4 Å². The average molecular weight is 348 g/mol. The van der Waals surface area contributed by atoms with Crippen molar-refractivity contribution in [3.05, 3.63) is 46.6 Å². The van der Waals surface area contributed by atoms with Gasteiger partial charge >= 0.3 is 0 Å². The first kappa shape index (κ1) is 13.9. The third-order valence-corrected chi connectivity index (χ3v) is 3.70. The Morgan fingerprint density at radius 2 is 2.24 bits per heavy atom. The molecule has 5 nitrogen and oxygen atoms in total. The van der Waals surface area contributed by atoms with Crippen molar-refractivity contribution in [3.63, 3.8) is 0 Å². The van der Waals surface area contributed by atoms with Gasteiger partial charge in [-0.1, -0.05) is 6.07 Å². The number of rotatable bonds is 3. The number of nitrogens with zero attached hydrogens (tertiary/aromatic N) is 1. The molecule has 1 atom stereocenters. The normalized spacial score (nSPS) is 14.7. The largest absolute Gasteiger partial charge is 0.482 e. The van der Waals surface area contributed by atoms with Crippen molar-refractivity contribution in [1.82, 2.24) is 4.98 Å². The van der Waals surface area contributed by atoms with Crippen LogP contribution in [-0.2, 0) is 4.79 Å². The lowest BCUT2D eigenvalue weighted by Crippen LogP contribution is -2.25. The van der Waals surface area contributed by atoms with Crippen molar-refractivity contribution in [1.29, 1.82) is 0 Å². The number of halogens is 1. The molecular weight excluding hydrogens is 334 g/mol. The molecular formula is C15H14BrN3O2. The smallest absolute Gasteiger partial charge is 0.262 e. The molecule has 6 heteroatoms. The van der Waals surface area contributed by atoms with Crippen LogP contribution >= 0.6 is 15.9 Å². The highest BCUT2D eigenvalue weighted by atomic mass is 79.9. The van der Waals surface area contributed by atoms with Crippen LogP contribution in [0.15, 0.2) is 41.0 Å². The number of hydrogen-bond donors (Lipinski definition) is 2. The second-order valence-electron chi connectivity index (χ2n) is 4.82. The van der Waals surface area contributed by atoms with E-state index in [1.54, 1.807) is 6.20 Å². The molecule has 3 rings (SSSR count). The van der Waals surface area contributed by atoms with Gasteiger partial charge in [0, 0.05) is 10.7 Å². The quantitative estimate of drug-likeness (QED) is 0.893. The minimum Gasteiger partial charge on any atom is -0.482 e. The molecule has 1 aromatic heterocycles. The molecule has 2 N–H and O–H groups in total. The number of benzene rings is 1. The zero-order valence-electron chi connectivity index (χ0n) is 11.4. The second kappa shape index (κ2) is 5.73. The molecule has 2 heterocycles. The molecule has 1 aliphatic heterocycles. The standard InChI is InChI=1S/C15H14BrN3O2/c1-9(18-14-5-3-11(16)7-17-14)10-2-4-13-12(6-10)19-15(20)8-21-13/h2-7,9H,8H2,1H3,(H,17,18)(H,19,20)/t9-/m0/s1. The van der Waals surface area contributed by atoms with Gasteiger partial charge < -0.3 is 15.4 Å². The van der Waals surface area contributed by atoms with Crippen LogP contribution < -0.4 is 15.4 Å². The van der Waals surface area contributed by atoms with Crippen LogP contribution in [0.25, 0.3) is 0 Å². The van der Waals surface area contributed by atoms with E-state index in [-0.39, 0.29) is 18.6 Å². The maximum absolute atomic E-state index is 11.4. The van der Waals surface area contributed by atoms with Crippen LogP contribution in [-0.4, -0.2) is 17.5 Å². The predicted octanol–water partition coefficient (Wildman–Crippen LogP) is 3.35. The Balaban J connectivity index is 1.78. The lowest BCUT2D eigenvalue weighted by molar-refractivity contribution is -0.118. The summed E-state index contributed by atoms with van der Waals surface area (Å²) in [5, 5.41) is 6.13. The summed E-state index contributed by atoms with van der Waals surface area (Å²) >= 11 is 3.36. The summed E-state index contributed by atoms with van der Waals surface area (Å²) in [6, 6.07) is 9.67. The molecule has 1 aromatic carbocycles. The Morgan fingerprint density at radius 1 is 1.38 bits per heavy atom. The number of pyridine rings is 1. The van der Waals surface area contributed by atoms with Crippen LogP contribution in [0, 0.1) is 0 Å². The van der Waals surface area contributed by atoms with E-state index < -0.39 is 0 Å². The highest BCUT2D eigenvalue weighted by Crippen LogP contribution is 2.31. The summed E-state index contributed by atoms with van der Waals surface area (Å²) in [7, 11) is 0. The number of ether oxygens (including phenoxy) is 1. The van der Waals surface area contributed by atoms with Crippen molar-refractivity contribution in [2.75, 3.05) is 17.2 Å². The van der Waals surface area contributed by atoms with E-state index >= 15 is 0 Å². The maximum Gasteiger partial charge on any atom is 0.262 e. The molecule has 1 aliphatic rings. The molecule has 21 heavy (non-hydrogen) atoms. The van der Waals surface area contributed by atoms with E-state index in [4.69, 9.17) is 4.74 Å². The van der Waals surface area contributed by atoms with Crippen molar-refractivity contribution >= 4 is 33.3 Å². The van der Waals surface area contributed by atoms with Crippen LogP contribution in [0.2, 0.25) is 0 Å². The first-order chi connectivity index (χ1) is 10.1. The minimum atomic E-state index is -0.130. The lowest BCUT2D eigenvalue weighted by Gasteiger charge is -2.21. The minimum absolute atomic E-state index is 0.0582. The molecule has 0 unspecified atom stereocenters. The summed E-state index contributed by atoms with van der Waals surface area (Å²) in [5.41, 5.74) is 1.76. The van der Waals surface area contributed by atoms with Crippen molar-refractivity contribution in [2.45, 2.75) is 13.0 Å². The molecule has 0 aliphatic carbocycles. The van der Waals surface area contributed by atoms with E-state index in [0.717, 1.165) is 15.9 Å². The van der Waals surface area contributed by atoms with Gasteiger partial charge in [0.2, 0.25) is 0 Å². The molecule has 108 valence electrons. The van der Waals surface area contributed by atoms with Gasteiger partial charge in [-0.15, -0.1) is 0 Å². The number of nitrogens with one attached hydrogen (secondary N) is 2. The van der Waals surface area contributed by atoms with Crippen LogP contribution in [0.1, 0.15) is 18.5 Å². The highest BCUT2D eigenvalue weighted by molar-refractivity contribution is 9.10. The van der Waals surface area contributed by atoms with Crippen LogP contribution in [0.5, 0.6) is 5.75 Å². The van der Waals surface area contributed by atoms with Crippen molar-refractivity contribution in [3.8, 4) is 5.75 Å². The van der Waals surface area contributed by atoms with Gasteiger partial charge in [-0.3, -0.25) is 4.79 Å². The van der Waals surface area contributed by atoms with Gasteiger partial charge in [-0.25, -0.2) is 4.98 Å². The van der Waals surface area contributed by atoms with E-state index in [2.05, 4.69) is 31.5 Å². The average Bonchev–Trinajstić information content (AvgIpc) is 2.48. The first-order valence-electron chi connectivity index (χ1n) is 6.56. The summed E-state index contributed by atoms with van der Waals surface area (Å²) in [5.74, 6) is 1.37. The summed E-state index contributed by atoms with van der Waals surface area (Å²) in [4.78, 5) is 15.7. The third-order valence-electron chi connectivity index (χ3n) is 3.23. The van der Waals surface area contributed by atoms with Gasteiger partial charge in [0.15, 0.2) is 6.61 Å². The number of carbonyl (C=O) groups is 1. The molecule has 0 saturated carbocycles. The topological polar surface area (TPSA) is 63.2 Å². The van der Waals surface area contributed by atoms with Crippen LogP contribution in [0.3, 0.4) is 0 Å². The number of carbonyl (C=O) groups excluding carboxylic acids is 1. The fourth-order valence-electron chi connectivity index (χ4n) is 2.14. The van der Waals surface area contributed by atoms with Gasteiger partial charge in [-0.05, 0) is 52.7 Å². The third kappa shape index (κ3) is 3.16. The Kier molecular flexibility index (Phi) is 3.79. The number of aromatic nitrogens is 1. The summed E-state index contributed by atoms with van der Waals surface area (Å²) < 4.78 is 6.29. The fraction of sp³-hybridized carbons (Fsp3) is 0.200. The Bertz CT molecular complexity index is 673. The first-order valence-corrected chi connectivity index (χ1v) is 7.36. The maximum atomic E-state index is 11.4. The molecule has 0 bridgehead atoms. The fourth-order valence-corrected chi connectivity index (χ4v) is 2.37. The summed E-state index contributed by atoms with van der Waals surface area (Å²) in [6.07, 6.45) is 1.75. The zero-order valence-corrected chi connectivity index (χ0v) is 13.0.